The van der Waals surface area contributed by atoms with Crippen LogP contribution >= 0.6 is 11.8 Å². The van der Waals surface area contributed by atoms with Gasteiger partial charge in [-0.3, -0.25) is 0 Å². The average Bonchev–Trinajstić information content (AvgIpc) is 2.33. The van der Waals surface area contributed by atoms with Crippen molar-refractivity contribution in [1.29, 1.82) is 0 Å². The Morgan fingerprint density at radius 1 is 1.33 bits per heavy atom. The first-order valence-corrected chi connectivity index (χ1v) is 7.40. The van der Waals surface area contributed by atoms with Crippen LogP contribution in [0.15, 0.2) is 25.0 Å². The van der Waals surface area contributed by atoms with Crippen LogP contribution in [0.5, 0.6) is 0 Å². The van der Waals surface area contributed by atoms with Crippen molar-refractivity contribution in [1.82, 2.24) is 15.3 Å². The lowest BCUT2D eigenvalue weighted by Crippen LogP contribution is -2.19. The second-order valence-corrected chi connectivity index (χ2v) is 6.36. The molecule has 0 amide bonds. The lowest BCUT2D eigenvalue weighted by molar-refractivity contribution is 0.543. The topological polar surface area (TPSA) is 37.8 Å². The van der Waals surface area contributed by atoms with Crippen molar-refractivity contribution in [2.75, 3.05) is 18.1 Å². The quantitative estimate of drug-likeness (QED) is 0.608. The van der Waals surface area contributed by atoms with E-state index in [1.54, 1.807) is 0 Å². The molecule has 1 heterocycles. The molecule has 0 unspecified atom stereocenters. The number of rotatable bonds is 7. The molecule has 1 aromatic heterocycles. The molecule has 1 N–H and O–H groups in total. The van der Waals surface area contributed by atoms with Crippen molar-refractivity contribution in [3.63, 3.8) is 0 Å². The summed E-state index contributed by atoms with van der Waals surface area (Å²) in [6.45, 7) is 11.9. The second-order valence-electron chi connectivity index (χ2n) is 5.21. The summed E-state index contributed by atoms with van der Waals surface area (Å²) >= 11 is 1.88. The van der Waals surface area contributed by atoms with E-state index in [2.05, 4.69) is 42.6 Å². The molecule has 0 bridgehead atoms. The molecule has 0 saturated heterocycles. The Labute approximate surface area is 115 Å². The summed E-state index contributed by atoms with van der Waals surface area (Å²) in [4.78, 5) is 8.82. The normalized spacial score (nSPS) is 11.5. The van der Waals surface area contributed by atoms with Crippen molar-refractivity contribution < 1.29 is 0 Å². The van der Waals surface area contributed by atoms with Crippen molar-refractivity contribution in [2.45, 2.75) is 32.7 Å². The summed E-state index contributed by atoms with van der Waals surface area (Å²) in [5.74, 6) is 3.02. The maximum absolute atomic E-state index is 4.41. The first kappa shape index (κ1) is 15.2. The molecular formula is C14H23N3S. The van der Waals surface area contributed by atoms with Gasteiger partial charge in [-0.1, -0.05) is 26.8 Å². The van der Waals surface area contributed by atoms with Crippen LogP contribution in [0.25, 0.3) is 0 Å². The van der Waals surface area contributed by atoms with E-state index in [0.717, 1.165) is 36.0 Å². The third-order valence-corrected chi connectivity index (χ3v) is 3.33. The Hall–Kier alpha value is -0.870. The van der Waals surface area contributed by atoms with E-state index >= 15 is 0 Å². The minimum absolute atomic E-state index is 0.0211. The highest BCUT2D eigenvalue weighted by Gasteiger charge is 2.16. The number of aromatic nitrogens is 2. The fraction of sp³-hybridized carbons (Fsp3) is 0.571. The summed E-state index contributed by atoms with van der Waals surface area (Å²) in [6.07, 6.45) is 5.76. The second kappa shape index (κ2) is 7.54. The summed E-state index contributed by atoms with van der Waals surface area (Å²) in [7, 11) is 0. The van der Waals surface area contributed by atoms with Crippen LogP contribution in [0.1, 0.15) is 32.2 Å². The molecule has 0 fully saturated rings. The third kappa shape index (κ3) is 5.65. The standard InChI is InChI=1S/C14H23N3S/c1-5-7-18-8-6-15-9-12-10-16-13(17-11-12)14(2,3)4/h5,10-11,15H,1,6-9H2,2-4H3. The molecule has 1 rings (SSSR count). The molecule has 100 valence electrons. The van der Waals surface area contributed by atoms with Crippen LogP contribution in [0, 0.1) is 0 Å². The van der Waals surface area contributed by atoms with E-state index < -0.39 is 0 Å². The molecule has 18 heavy (non-hydrogen) atoms. The molecular weight excluding hydrogens is 242 g/mol. The van der Waals surface area contributed by atoms with Gasteiger partial charge in [-0.25, -0.2) is 9.97 Å². The number of nitrogens with zero attached hydrogens (tertiary/aromatic N) is 2. The maximum atomic E-state index is 4.41. The molecule has 0 aromatic carbocycles. The monoisotopic (exact) mass is 265 g/mol. The van der Waals surface area contributed by atoms with Gasteiger partial charge in [-0.2, -0.15) is 11.8 Å². The zero-order chi connectivity index (χ0) is 13.4. The van der Waals surface area contributed by atoms with E-state index in [9.17, 15) is 0 Å². The van der Waals surface area contributed by atoms with Crippen molar-refractivity contribution >= 4 is 11.8 Å². The van der Waals surface area contributed by atoms with Gasteiger partial charge >= 0.3 is 0 Å². The molecule has 0 spiro atoms. The Balaban J connectivity index is 2.29. The highest BCUT2D eigenvalue weighted by molar-refractivity contribution is 7.99. The lowest BCUT2D eigenvalue weighted by Gasteiger charge is -2.16. The van der Waals surface area contributed by atoms with Crippen LogP contribution in [0.4, 0.5) is 0 Å². The molecule has 0 atom stereocenters. The van der Waals surface area contributed by atoms with Gasteiger partial charge in [0.2, 0.25) is 0 Å². The predicted octanol–water partition coefficient (Wildman–Crippen LogP) is 2.78. The average molecular weight is 265 g/mol. The number of hydrogen-bond donors (Lipinski definition) is 1. The largest absolute Gasteiger partial charge is 0.312 e. The van der Waals surface area contributed by atoms with Gasteiger partial charge in [0, 0.05) is 48.0 Å². The Morgan fingerprint density at radius 3 is 2.56 bits per heavy atom. The van der Waals surface area contributed by atoms with E-state index in [-0.39, 0.29) is 5.41 Å². The molecule has 0 aliphatic rings. The maximum Gasteiger partial charge on any atom is 0.133 e. The van der Waals surface area contributed by atoms with Crippen LogP contribution in [0.3, 0.4) is 0 Å². The van der Waals surface area contributed by atoms with E-state index in [4.69, 9.17) is 0 Å². The summed E-state index contributed by atoms with van der Waals surface area (Å²) in [5.41, 5.74) is 1.16. The molecule has 4 heteroatoms. The SMILES string of the molecule is C=CCSCCNCc1cnc(C(C)(C)C)nc1. The summed E-state index contributed by atoms with van der Waals surface area (Å²) in [6, 6.07) is 0. The van der Waals surface area contributed by atoms with Gasteiger partial charge in [0.15, 0.2) is 0 Å². The molecule has 0 radical (unpaired) electrons. The zero-order valence-electron chi connectivity index (χ0n) is 11.6. The van der Waals surface area contributed by atoms with Crippen LogP contribution < -0.4 is 5.32 Å². The Kier molecular flexibility index (Phi) is 6.36. The predicted molar refractivity (Wildman–Crippen MR) is 80.0 cm³/mol. The fourth-order valence-electron chi connectivity index (χ4n) is 1.38. The molecule has 0 aliphatic carbocycles. The van der Waals surface area contributed by atoms with Gasteiger partial charge in [0.1, 0.15) is 5.82 Å². The summed E-state index contributed by atoms with van der Waals surface area (Å²) in [5, 5.41) is 3.38. The van der Waals surface area contributed by atoms with Gasteiger partial charge in [-0.05, 0) is 0 Å². The van der Waals surface area contributed by atoms with Crippen molar-refractivity contribution in [3.05, 3.63) is 36.4 Å². The Morgan fingerprint density at radius 2 is 2.00 bits per heavy atom. The van der Waals surface area contributed by atoms with Gasteiger partial charge in [0.25, 0.3) is 0 Å². The minimum Gasteiger partial charge on any atom is -0.312 e. The van der Waals surface area contributed by atoms with E-state index in [1.165, 1.54) is 0 Å². The van der Waals surface area contributed by atoms with Gasteiger partial charge in [0.05, 0.1) is 0 Å². The molecule has 1 aromatic rings. The van der Waals surface area contributed by atoms with E-state index in [0.29, 0.717) is 0 Å². The van der Waals surface area contributed by atoms with Crippen molar-refractivity contribution in [2.24, 2.45) is 0 Å². The fourth-order valence-corrected chi connectivity index (χ4v) is 2.00. The first-order valence-electron chi connectivity index (χ1n) is 6.25. The van der Waals surface area contributed by atoms with Crippen LogP contribution in [0.2, 0.25) is 0 Å². The van der Waals surface area contributed by atoms with Gasteiger partial charge in [-0.15, -0.1) is 6.58 Å². The lowest BCUT2D eigenvalue weighted by atomic mass is 9.96. The van der Waals surface area contributed by atoms with Crippen LogP contribution in [-0.4, -0.2) is 28.0 Å². The molecule has 0 aliphatic heterocycles. The smallest absolute Gasteiger partial charge is 0.133 e. The molecule has 3 nitrogen and oxygen atoms in total. The molecule has 0 saturated carbocycles. The highest BCUT2D eigenvalue weighted by Crippen LogP contribution is 2.16. The summed E-state index contributed by atoms with van der Waals surface area (Å²) < 4.78 is 0. The van der Waals surface area contributed by atoms with E-state index in [1.807, 2.05) is 30.2 Å². The minimum atomic E-state index is 0.0211. The third-order valence-electron chi connectivity index (χ3n) is 2.36. The number of hydrogen-bond acceptors (Lipinski definition) is 4. The Bertz CT molecular complexity index is 354. The zero-order valence-corrected chi connectivity index (χ0v) is 12.4. The number of thioether (sulfide) groups is 1. The first-order chi connectivity index (χ1) is 8.54. The van der Waals surface area contributed by atoms with Gasteiger partial charge < -0.3 is 5.32 Å². The van der Waals surface area contributed by atoms with Crippen LogP contribution in [-0.2, 0) is 12.0 Å². The highest BCUT2D eigenvalue weighted by atomic mass is 32.2. The number of nitrogens with one attached hydrogen (secondary N) is 1. The van der Waals surface area contributed by atoms with Crippen molar-refractivity contribution in [3.8, 4) is 0 Å².